The standard InChI is InChI=1S/C29H53N/c1-25(2)15-11-19-29(7)21-12-20-27(5)17-9-10-18-28(6)22-14-24-30(8)23-13-16-26(3)4/h15,17-18,21,26H,9-14,16,19-20,22-24H2,1-8H3/b27-17+,28-18+,29-21+. The Hall–Kier alpha value is -1.08. The van der Waals surface area contributed by atoms with E-state index in [2.05, 4.69) is 84.7 Å². The van der Waals surface area contributed by atoms with Crippen molar-refractivity contribution >= 4 is 0 Å². The lowest BCUT2D eigenvalue weighted by atomic mass is 10.0. The Kier molecular flexibility index (Phi) is 18.0. The van der Waals surface area contributed by atoms with E-state index >= 15 is 0 Å². The van der Waals surface area contributed by atoms with Crippen molar-refractivity contribution in [2.24, 2.45) is 5.92 Å². The minimum Gasteiger partial charge on any atom is -0.306 e. The van der Waals surface area contributed by atoms with Crippen LogP contribution in [0.3, 0.4) is 0 Å². The van der Waals surface area contributed by atoms with Gasteiger partial charge in [0.05, 0.1) is 0 Å². The molecule has 0 amide bonds. The molecule has 0 bridgehead atoms. The van der Waals surface area contributed by atoms with Crippen molar-refractivity contribution in [1.29, 1.82) is 0 Å². The molecule has 0 aliphatic rings. The van der Waals surface area contributed by atoms with Gasteiger partial charge in [-0.15, -0.1) is 0 Å². The number of rotatable bonds is 17. The molecule has 1 nitrogen and oxygen atoms in total. The molecule has 0 aromatic carbocycles. The maximum absolute atomic E-state index is 2.50. The van der Waals surface area contributed by atoms with Gasteiger partial charge >= 0.3 is 0 Å². The van der Waals surface area contributed by atoms with Gasteiger partial charge in [0.2, 0.25) is 0 Å². The van der Waals surface area contributed by atoms with Crippen molar-refractivity contribution in [3.8, 4) is 0 Å². The third kappa shape index (κ3) is 20.2. The van der Waals surface area contributed by atoms with Crippen molar-refractivity contribution in [3.05, 3.63) is 46.6 Å². The molecule has 0 aliphatic carbocycles. The fourth-order valence-corrected chi connectivity index (χ4v) is 3.61. The summed E-state index contributed by atoms with van der Waals surface area (Å²) in [5.41, 5.74) is 6.06. The monoisotopic (exact) mass is 415 g/mol. The van der Waals surface area contributed by atoms with E-state index < -0.39 is 0 Å². The smallest absolute Gasteiger partial charge is 0.00187 e. The molecule has 0 aromatic rings. The quantitative estimate of drug-likeness (QED) is 0.169. The molecule has 0 spiro atoms. The molecule has 0 fully saturated rings. The molecule has 0 saturated carbocycles. The van der Waals surface area contributed by atoms with E-state index in [1.54, 1.807) is 5.57 Å². The minimum absolute atomic E-state index is 0.833. The highest BCUT2D eigenvalue weighted by molar-refractivity contribution is 5.06. The zero-order chi connectivity index (χ0) is 22.8. The van der Waals surface area contributed by atoms with E-state index in [0.717, 1.165) is 5.92 Å². The third-order valence-electron chi connectivity index (χ3n) is 5.71. The zero-order valence-corrected chi connectivity index (χ0v) is 21.8. The van der Waals surface area contributed by atoms with E-state index in [4.69, 9.17) is 0 Å². The average molecular weight is 416 g/mol. The van der Waals surface area contributed by atoms with Crippen LogP contribution in [0.4, 0.5) is 0 Å². The van der Waals surface area contributed by atoms with Gasteiger partial charge in [-0.25, -0.2) is 0 Å². The van der Waals surface area contributed by atoms with Crippen molar-refractivity contribution in [2.75, 3.05) is 20.1 Å². The van der Waals surface area contributed by atoms with Crippen LogP contribution >= 0.6 is 0 Å². The largest absolute Gasteiger partial charge is 0.306 e. The summed E-state index contributed by atoms with van der Waals surface area (Å²) in [5.74, 6) is 0.833. The summed E-state index contributed by atoms with van der Waals surface area (Å²) in [5, 5.41) is 0. The topological polar surface area (TPSA) is 3.24 Å². The molecule has 0 saturated heterocycles. The molecule has 0 radical (unpaired) electrons. The molecule has 0 rings (SSSR count). The van der Waals surface area contributed by atoms with Crippen LogP contribution in [-0.2, 0) is 0 Å². The molecular formula is C29H53N. The Morgan fingerprint density at radius 3 is 1.63 bits per heavy atom. The Morgan fingerprint density at radius 2 is 1.10 bits per heavy atom. The number of allylic oxidation sites excluding steroid dienone is 8. The van der Waals surface area contributed by atoms with Gasteiger partial charge in [-0.2, -0.15) is 0 Å². The van der Waals surface area contributed by atoms with E-state index in [-0.39, 0.29) is 0 Å². The van der Waals surface area contributed by atoms with E-state index in [9.17, 15) is 0 Å². The second-order valence-corrected chi connectivity index (χ2v) is 10.0. The Balaban J connectivity index is 3.91. The predicted octanol–water partition coefficient (Wildman–Crippen LogP) is 9.28. The first-order chi connectivity index (χ1) is 14.2. The number of hydrogen-bond acceptors (Lipinski definition) is 1. The van der Waals surface area contributed by atoms with Crippen molar-refractivity contribution < 1.29 is 0 Å². The van der Waals surface area contributed by atoms with E-state index in [1.807, 2.05) is 0 Å². The lowest BCUT2D eigenvalue weighted by molar-refractivity contribution is 0.313. The van der Waals surface area contributed by atoms with Gasteiger partial charge < -0.3 is 4.90 Å². The lowest BCUT2D eigenvalue weighted by Crippen LogP contribution is -2.21. The fraction of sp³-hybridized carbons (Fsp3) is 0.724. The van der Waals surface area contributed by atoms with Crippen molar-refractivity contribution in [3.63, 3.8) is 0 Å². The molecule has 1 heteroatoms. The maximum Gasteiger partial charge on any atom is -0.00187 e. The SMILES string of the molecule is CC(C)=CCC/C(C)=C/CC/C(C)=C/CC/C=C(\C)CCCN(C)CCCC(C)C. The van der Waals surface area contributed by atoms with E-state index in [0.29, 0.717) is 0 Å². The van der Waals surface area contributed by atoms with Gasteiger partial charge in [0.15, 0.2) is 0 Å². The summed E-state index contributed by atoms with van der Waals surface area (Å²) in [6, 6.07) is 0. The van der Waals surface area contributed by atoms with Crippen LogP contribution in [0.15, 0.2) is 46.6 Å². The number of hydrogen-bond donors (Lipinski definition) is 0. The van der Waals surface area contributed by atoms with Gasteiger partial charge in [0.1, 0.15) is 0 Å². The summed E-state index contributed by atoms with van der Waals surface area (Å²) in [6.45, 7) is 18.3. The van der Waals surface area contributed by atoms with Gasteiger partial charge in [-0.3, -0.25) is 0 Å². The number of nitrogens with zero attached hydrogens (tertiary/aromatic N) is 1. The van der Waals surface area contributed by atoms with E-state index in [1.165, 1.54) is 94.0 Å². The van der Waals surface area contributed by atoms with Gasteiger partial charge in [-0.05, 0) is 125 Å². The predicted molar refractivity (Wildman–Crippen MR) is 139 cm³/mol. The molecule has 30 heavy (non-hydrogen) atoms. The summed E-state index contributed by atoms with van der Waals surface area (Å²) in [6.07, 6.45) is 22.0. The lowest BCUT2D eigenvalue weighted by Gasteiger charge is -2.17. The van der Waals surface area contributed by atoms with Crippen LogP contribution < -0.4 is 0 Å². The highest BCUT2D eigenvalue weighted by Crippen LogP contribution is 2.13. The van der Waals surface area contributed by atoms with Crippen molar-refractivity contribution in [1.82, 2.24) is 4.90 Å². The van der Waals surface area contributed by atoms with Gasteiger partial charge in [0, 0.05) is 0 Å². The first kappa shape index (κ1) is 28.9. The van der Waals surface area contributed by atoms with Crippen molar-refractivity contribution in [2.45, 2.75) is 113 Å². The molecular weight excluding hydrogens is 362 g/mol. The first-order valence-corrected chi connectivity index (χ1v) is 12.5. The normalized spacial score (nSPS) is 13.5. The molecule has 0 aromatic heterocycles. The van der Waals surface area contributed by atoms with Crippen LogP contribution in [0.5, 0.6) is 0 Å². The molecule has 174 valence electrons. The zero-order valence-electron chi connectivity index (χ0n) is 21.8. The maximum atomic E-state index is 2.50. The minimum atomic E-state index is 0.833. The molecule has 0 heterocycles. The average Bonchev–Trinajstić information content (AvgIpc) is 2.64. The highest BCUT2D eigenvalue weighted by atomic mass is 15.1. The summed E-state index contributed by atoms with van der Waals surface area (Å²) in [4.78, 5) is 2.50. The molecule has 0 atom stereocenters. The van der Waals surface area contributed by atoms with Crippen LogP contribution in [-0.4, -0.2) is 25.0 Å². The highest BCUT2D eigenvalue weighted by Gasteiger charge is 2.00. The van der Waals surface area contributed by atoms with Crippen LogP contribution in [0.25, 0.3) is 0 Å². The number of unbranched alkanes of at least 4 members (excludes halogenated alkanes) is 1. The first-order valence-electron chi connectivity index (χ1n) is 12.5. The molecule has 0 N–H and O–H groups in total. The van der Waals surface area contributed by atoms with Crippen LogP contribution in [0, 0.1) is 5.92 Å². The Labute approximate surface area is 190 Å². The molecule has 0 unspecified atom stereocenters. The summed E-state index contributed by atoms with van der Waals surface area (Å²) < 4.78 is 0. The third-order valence-corrected chi connectivity index (χ3v) is 5.71. The van der Waals surface area contributed by atoms with Crippen LogP contribution in [0.1, 0.15) is 113 Å². The van der Waals surface area contributed by atoms with Crippen LogP contribution in [0.2, 0.25) is 0 Å². The van der Waals surface area contributed by atoms with Gasteiger partial charge in [-0.1, -0.05) is 60.4 Å². The molecule has 0 aliphatic heterocycles. The van der Waals surface area contributed by atoms with Gasteiger partial charge in [0.25, 0.3) is 0 Å². The Bertz CT molecular complexity index is 541. The fourth-order valence-electron chi connectivity index (χ4n) is 3.61. The summed E-state index contributed by atoms with van der Waals surface area (Å²) in [7, 11) is 2.27. The second-order valence-electron chi connectivity index (χ2n) is 10.0. The Morgan fingerprint density at radius 1 is 0.633 bits per heavy atom. The second kappa shape index (κ2) is 18.7. The summed E-state index contributed by atoms with van der Waals surface area (Å²) >= 11 is 0.